The molecule has 0 aliphatic heterocycles. The SMILES string of the molecule is CC(F)(F)C(F)(F)C(=CF)C(F)(F)F. The van der Waals surface area contributed by atoms with Crippen molar-refractivity contribution in [3.8, 4) is 0 Å². The Morgan fingerprint density at radius 2 is 1.29 bits per heavy atom. The summed E-state index contributed by atoms with van der Waals surface area (Å²) in [6.45, 7) is -0.428. The lowest BCUT2D eigenvalue weighted by Crippen LogP contribution is -2.44. The topological polar surface area (TPSA) is 0 Å². The summed E-state index contributed by atoms with van der Waals surface area (Å²) in [6.07, 6.45) is -7.39. The van der Waals surface area contributed by atoms with E-state index in [-0.39, 0.29) is 0 Å². The van der Waals surface area contributed by atoms with Gasteiger partial charge in [0.15, 0.2) is 0 Å². The molecule has 0 amide bonds. The number of allylic oxidation sites excluding steroid dienone is 1. The van der Waals surface area contributed by atoms with Gasteiger partial charge in [-0.2, -0.15) is 30.7 Å². The highest BCUT2D eigenvalue weighted by Crippen LogP contribution is 2.46. The van der Waals surface area contributed by atoms with E-state index in [9.17, 15) is 35.1 Å². The van der Waals surface area contributed by atoms with Crippen LogP contribution in [0.25, 0.3) is 0 Å². The van der Waals surface area contributed by atoms with Crippen LogP contribution in [-0.2, 0) is 0 Å². The average Bonchev–Trinajstić information content (AvgIpc) is 1.80. The van der Waals surface area contributed by atoms with Gasteiger partial charge in [0.25, 0.3) is 0 Å². The second-order valence-corrected chi connectivity index (χ2v) is 2.48. The number of alkyl halides is 7. The number of rotatable bonds is 2. The van der Waals surface area contributed by atoms with Gasteiger partial charge in [-0.15, -0.1) is 0 Å². The predicted octanol–water partition coefficient (Wildman–Crippen LogP) is 3.69. The first-order chi connectivity index (χ1) is 5.94. The minimum absolute atomic E-state index is 0.428. The van der Waals surface area contributed by atoms with Gasteiger partial charge in [0.1, 0.15) is 11.9 Å². The van der Waals surface area contributed by atoms with Crippen molar-refractivity contribution in [3.05, 3.63) is 11.9 Å². The summed E-state index contributed by atoms with van der Waals surface area (Å²) in [5.74, 6) is -10.6. The van der Waals surface area contributed by atoms with Crippen molar-refractivity contribution in [2.75, 3.05) is 0 Å². The van der Waals surface area contributed by atoms with Crippen LogP contribution in [0.2, 0.25) is 0 Å². The van der Waals surface area contributed by atoms with Gasteiger partial charge in [0, 0.05) is 6.92 Å². The largest absolute Gasteiger partial charge is 0.420 e. The Morgan fingerprint density at radius 1 is 0.929 bits per heavy atom. The zero-order chi connectivity index (χ0) is 11.8. The molecule has 84 valence electrons. The Kier molecular flexibility index (Phi) is 3.19. The van der Waals surface area contributed by atoms with Crippen LogP contribution in [0.3, 0.4) is 0 Å². The molecule has 0 atom stereocenters. The lowest BCUT2D eigenvalue weighted by Gasteiger charge is -2.25. The predicted molar refractivity (Wildman–Crippen MR) is 30.8 cm³/mol. The third-order valence-corrected chi connectivity index (χ3v) is 1.30. The Hall–Kier alpha value is -0.820. The fourth-order valence-electron chi connectivity index (χ4n) is 0.545. The highest BCUT2D eigenvalue weighted by atomic mass is 19.4. The molecule has 0 N–H and O–H groups in total. The second-order valence-electron chi connectivity index (χ2n) is 2.48. The Balaban J connectivity index is 5.29. The number of hydrogen-bond acceptors (Lipinski definition) is 0. The van der Waals surface area contributed by atoms with Crippen molar-refractivity contribution in [3.63, 3.8) is 0 Å². The molecule has 0 aromatic rings. The van der Waals surface area contributed by atoms with E-state index in [4.69, 9.17) is 0 Å². The van der Waals surface area contributed by atoms with Crippen LogP contribution in [0, 0.1) is 0 Å². The molecule has 0 fully saturated rings. The summed E-state index contributed by atoms with van der Waals surface area (Å²) in [7, 11) is 0. The van der Waals surface area contributed by atoms with Gasteiger partial charge in [0.2, 0.25) is 0 Å². The maximum atomic E-state index is 12.3. The first-order valence-electron chi connectivity index (χ1n) is 3.08. The van der Waals surface area contributed by atoms with Crippen LogP contribution in [0.15, 0.2) is 11.9 Å². The molecule has 0 unspecified atom stereocenters. The summed E-state index contributed by atoms with van der Waals surface area (Å²) in [4.78, 5) is 0. The third-order valence-electron chi connectivity index (χ3n) is 1.30. The Bertz CT molecular complexity index is 229. The highest BCUT2D eigenvalue weighted by molar-refractivity contribution is 5.19. The second kappa shape index (κ2) is 3.39. The van der Waals surface area contributed by atoms with Crippen LogP contribution >= 0.6 is 0 Å². The fourth-order valence-corrected chi connectivity index (χ4v) is 0.545. The average molecular weight is 228 g/mol. The smallest absolute Gasteiger partial charge is 0.215 e. The normalized spacial score (nSPS) is 15.9. The lowest BCUT2D eigenvalue weighted by atomic mass is 10.0. The van der Waals surface area contributed by atoms with Crippen LogP contribution in [-0.4, -0.2) is 18.0 Å². The van der Waals surface area contributed by atoms with Crippen LogP contribution in [0.1, 0.15) is 6.92 Å². The van der Waals surface area contributed by atoms with Gasteiger partial charge in [0.05, 0.1) is 0 Å². The molecule has 14 heavy (non-hydrogen) atoms. The van der Waals surface area contributed by atoms with Gasteiger partial charge >= 0.3 is 18.0 Å². The van der Waals surface area contributed by atoms with E-state index in [1.165, 1.54) is 0 Å². The summed E-state index contributed by atoms with van der Waals surface area (Å²) in [6, 6.07) is 0. The van der Waals surface area contributed by atoms with E-state index in [1.54, 1.807) is 0 Å². The fraction of sp³-hybridized carbons (Fsp3) is 0.667. The molecule has 0 spiro atoms. The van der Waals surface area contributed by atoms with Gasteiger partial charge in [-0.25, -0.2) is 4.39 Å². The van der Waals surface area contributed by atoms with Crippen LogP contribution in [0.4, 0.5) is 35.1 Å². The molecule has 0 nitrogen and oxygen atoms in total. The molecule has 0 aliphatic rings. The first-order valence-corrected chi connectivity index (χ1v) is 3.08. The Morgan fingerprint density at radius 3 is 1.36 bits per heavy atom. The highest BCUT2D eigenvalue weighted by Gasteiger charge is 2.62. The van der Waals surface area contributed by atoms with E-state index in [2.05, 4.69) is 0 Å². The van der Waals surface area contributed by atoms with Crippen LogP contribution < -0.4 is 0 Å². The molecule has 0 rings (SSSR count). The summed E-state index contributed by atoms with van der Waals surface area (Å²) in [5.41, 5.74) is -3.20. The zero-order valence-electron chi connectivity index (χ0n) is 6.60. The molecule has 0 saturated heterocycles. The monoisotopic (exact) mass is 228 g/mol. The van der Waals surface area contributed by atoms with Gasteiger partial charge < -0.3 is 0 Å². The molecule has 0 heterocycles. The molecular formula is C6H4F8. The molecule has 0 saturated carbocycles. The summed E-state index contributed by atoms with van der Waals surface area (Å²) in [5, 5.41) is 0. The molecular weight excluding hydrogens is 224 g/mol. The van der Waals surface area contributed by atoms with Gasteiger partial charge in [-0.05, 0) is 0 Å². The van der Waals surface area contributed by atoms with Crippen molar-refractivity contribution in [2.45, 2.75) is 24.9 Å². The molecule has 0 bridgehead atoms. The standard InChI is InChI=1S/C6H4F8/c1-4(8,9)5(10,11)3(2-7)6(12,13)14/h2H,1H3. The van der Waals surface area contributed by atoms with E-state index in [1.807, 2.05) is 0 Å². The van der Waals surface area contributed by atoms with Crippen molar-refractivity contribution in [1.82, 2.24) is 0 Å². The van der Waals surface area contributed by atoms with Crippen molar-refractivity contribution in [1.29, 1.82) is 0 Å². The molecule has 0 radical (unpaired) electrons. The van der Waals surface area contributed by atoms with Gasteiger partial charge in [-0.3, -0.25) is 0 Å². The van der Waals surface area contributed by atoms with E-state index < -0.39 is 36.8 Å². The molecule has 0 aliphatic carbocycles. The number of halogens is 8. The molecule has 0 aromatic carbocycles. The number of hydrogen-bond donors (Lipinski definition) is 0. The van der Waals surface area contributed by atoms with Gasteiger partial charge in [-0.1, -0.05) is 0 Å². The van der Waals surface area contributed by atoms with E-state index >= 15 is 0 Å². The summed E-state index contributed by atoms with van der Waals surface area (Å²) >= 11 is 0. The third kappa shape index (κ3) is 2.36. The maximum absolute atomic E-state index is 12.3. The molecule has 8 heteroatoms. The molecule has 0 aromatic heterocycles. The van der Waals surface area contributed by atoms with E-state index in [0.29, 0.717) is 0 Å². The van der Waals surface area contributed by atoms with Crippen molar-refractivity contribution >= 4 is 0 Å². The minimum atomic E-state index is -5.84. The lowest BCUT2D eigenvalue weighted by molar-refractivity contribution is -0.211. The quantitative estimate of drug-likeness (QED) is 0.632. The maximum Gasteiger partial charge on any atom is 0.420 e. The van der Waals surface area contributed by atoms with Crippen molar-refractivity contribution in [2.24, 2.45) is 0 Å². The van der Waals surface area contributed by atoms with Crippen molar-refractivity contribution < 1.29 is 35.1 Å². The minimum Gasteiger partial charge on any atom is -0.215 e. The Labute approximate surface area is 73.2 Å². The first kappa shape index (κ1) is 13.2. The summed E-state index contributed by atoms with van der Waals surface area (Å²) < 4.78 is 95.0. The zero-order valence-corrected chi connectivity index (χ0v) is 6.60. The van der Waals surface area contributed by atoms with E-state index in [0.717, 1.165) is 0 Å². The van der Waals surface area contributed by atoms with Crippen LogP contribution in [0.5, 0.6) is 0 Å².